The van der Waals surface area contributed by atoms with Gasteiger partial charge in [0.1, 0.15) is 11.5 Å². The summed E-state index contributed by atoms with van der Waals surface area (Å²) in [7, 11) is 1.46. The molecule has 0 unspecified atom stereocenters. The first-order valence-electron chi connectivity index (χ1n) is 9.62. The highest BCUT2D eigenvalue weighted by molar-refractivity contribution is 7.10. The van der Waals surface area contributed by atoms with Gasteiger partial charge < -0.3 is 19.3 Å². The summed E-state index contributed by atoms with van der Waals surface area (Å²) in [5.41, 5.74) is 0.309. The third-order valence-electron chi connectivity index (χ3n) is 5.14. The van der Waals surface area contributed by atoms with E-state index in [9.17, 15) is 14.7 Å². The Morgan fingerprint density at radius 3 is 2.81 bits per heavy atom. The van der Waals surface area contributed by atoms with Crippen molar-refractivity contribution in [2.75, 3.05) is 13.7 Å². The van der Waals surface area contributed by atoms with E-state index in [4.69, 9.17) is 16.3 Å². The number of carbonyl (C=O) groups excluding carboxylic acids is 2. The first kappa shape index (κ1) is 21.1. The van der Waals surface area contributed by atoms with Crippen LogP contribution < -0.4 is 4.74 Å². The Bertz CT molecular complexity index is 1130. The smallest absolute Gasteiger partial charge is 0.295 e. The third kappa shape index (κ3) is 4.08. The Labute approximate surface area is 188 Å². The molecule has 160 valence electrons. The van der Waals surface area contributed by atoms with E-state index >= 15 is 0 Å². The molecule has 3 aromatic rings. The second-order valence-corrected chi connectivity index (χ2v) is 8.42. The minimum Gasteiger partial charge on any atom is -0.507 e. The largest absolute Gasteiger partial charge is 0.507 e. The number of ketones is 1. The number of likely N-dealkylation sites (tertiary alicyclic amines) is 1. The van der Waals surface area contributed by atoms with Gasteiger partial charge in [-0.05, 0) is 36.1 Å². The minimum atomic E-state index is -0.722. The van der Waals surface area contributed by atoms with Crippen molar-refractivity contribution in [1.82, 2.24) is 14.5 Å². The molecule has 2 aromatic heterocycles. The van der Waals surface area contributed by atoms with Crippen molar-refractivity contribution in [3.8, 4) is 5.75 Å². The van der Waals surface area contributed by atoms with Gasteiger partial charge in [0.25, 0.3) is 11.7 Å². The van der Waals surface area contributed by atoms with Gasteiger partial charge >= 0.3 is 0 Å². The predicted octanol–water partition coefficient (Wildman–Crippen LogP) is 4.12. The number of aryl methyl sites for hydroxylation is 1. The number of rotatable bonds is 7. The number of hydrogen-bond donors (Lipinski definition) is 1. The molecule has 1 amide bonds. The SMILES string of the molecule is COc1ccc(Cl)cc1/C(O)=C1\C(=O)C(=O)N(CCCn2ccnc2)[C@@H]1c1cccs1. The van der Waals surface area contributed by atoms with Crippen LogP contribution in [0.1, 0.15) is 22.9 Å². The predicted molar refractivity (Wildman–Crippen MR) is 118 cm³/mol. The van der Waals surface area contributed by atoms with Gasteiger partial charge in [-0.25, -0.2) is 4.98 Å². The number of aliphatic hydroxyl groups excluding tert-OH is 1. The fraction of sp³-hybridized carbons (Fsp3) is 0.227. The van der Waals surface area contributed by atoms with E-state index < -0.39 is 17.7 Å². The lowest BCUT2D eigenvalue weighted by atomic mass is 9.99. The molecule has 7 nitrogen and oxygen atoms in total. The van der Waals surface area contributed by atoms with Crippen LogP contribution in [0.2, 0.25) is 5.02 Å². The van der Waals surface area contributed by atoms with Crippen molar-refractivity contribution in [3.05, 3.63) is 75.5 Å². The number of halogens is 1. The standard InChI is InChI=1S/C22H20ClN3O4S/c1-30-16-6-5-14(23)12-15(16)20(27)18-19(17-4-2-11-31-17)26(22(29)21(18)28)9-3-8-25-10-7-24-13-25/h2,4-7,10-13,19,27H,3,8-9H2,1H3/b20-18+/t19-/m1/s1. The topological polar surface area (TPSA) is 84.7 Å². The van der Waals surface area contributed by atoms with Gasteiger partial charge in [0.15, 0.2) is 0 Å². The van der Waals surface area contributed by atoms with Crippen LogP contribution in [0.25, 0.3) is 5.76 Å². The molecule has 0 radical (unpaired) electrons. The van der Waals surface area contributed by atoms with Gasteiger partial charge in [0.05, 0.1) is 30.6 Å². The molecule has 3 heterocycles. The zero-order valence-electron chi connectivity index (χ0n) is 16.7. The summed E-state index contributed by atoms with van der Waals surface area (Å²) in [4.78, 5) is 32.3. The molecule has 1 aliphatic rings. The Balaban J connectivity index is 1.74. The number of amides is 1. The third-order valence-corrected chi connectivity index (χ3v) is 6.30. The van der Waals surface area contributed by atoms with Crippen LogP contribution in [0.15, 0.2) is 60.0 Å². The molecule has 1 fully saturated rings. The fourth-order valence-corrected chi connectivity index (χ4v) is 4.72. The lowest BCUT2D eigenvalue weighted by molar-refractivity contribution is -0.139. The van der Waals surface area contributed by atoms with E-state index in [0.29, 0.717) is 30.3 Å². The van der Waals surface area contributed by atoms with Crippen LogP contribution >= 0.6 is 22.9 Å². The van der Waals surface area contributed by atoms with E-state index in [2.05, 4.69) is 4.98 Å². The molecule has 1 N–H and O–H groups in total. The Morgan fingerprint density at radius 1 is 1.29 bits per heavy atom. The number of benzene rings is 1. The van der Waals surface area contributed by atoms with Gasteiger partial charge in [0, 0.05) is 35.4 Å². The van der Waals surface area contributed by atoms with Crippen LogP contribution in [0.3, 0.4) is 0 Å². The number of aromatic nitrogens is 2. The van der Waals surface area contributed by atoms with Crippen LogP contribution in [0, 0.1) is 0 Å². The number of nitrogens with zero attached hydrogens (tertiary/aromatic N) is 3. The van der Waals surface area contributed by atoms with E-state index in [-0.39, 0.29) is 16.9 Å². The maximum Gasteiger partial charge on any atom is 0.295 e. The monoisotopic (exact) mass is 457 g/mol. The lowest BCUT2D eigenvalue weighted by Crippen LogP contribution is -2.31. The molecule has 1 saturated heterocycles. The molecular weight excluding hydrogens is 438 g/mol. The van der Waals surface area contributed by atoms with Crippen LogP contribution in [0.5, 0.6) is 5.75 Å². The van der Waals surface area contributed by atoms with Gasteiger partial charge in [-0.2, -0.15) is 0 Å². The average Bonchev–Trinajstić information content (AvgIpc) is 3.52. The Morgan fingerprint density at radius 2 is 2.13 bits per heavy atom. The molecular formula is C22H20ClN3O4S. The molecule has 1 aliphatic heterocycles. The Hall–Kier alpha value is -3.10. The van der Waals surface area contributed by atoms with Crippen molar-refractivity contribution in [3.63, 3.8) is 0 Å². The van der Waals surface area contributed by atoms with Crippen molar-refractivity contribution < 1.29 is 19.4 Å². The molecule has 1 aromatic carbocycles. The van der Waals surface area contributed by atoms with E-state index in [1.807, 2.05) is 28.3 Å². The summed E-state index contributed by atoms with van der Waals surface area (Å²) >= 11 is 7.54. The van der Waals surface area contributed by atoms with E-state index in [1.54, 1.807) is 24.7 Å². The maximum atomic E-state index is 13.0. The number of thiophene rings is 1. The van der Waals surface area contributed by atoms with Crippen molar-refractivity contribution in [2.45, 2.75) is 19.0 Å². The van der Waals surface area contributed by atoms with E-state index in [1.165, 1.54) is 29.4 Å². The lowest BCUT2D eigenvalue weighted by Gasteiger charge is -2.24. The van der Waals surface area contributed by atoms with Crippen LogP contribution in [0.4, 0.5) is 0 Å². The quantitative estimate of drug-likeness (QED) is 0.328. The molecule has 4 rings (SSSR count). The van der Waals surface area contributed by atoms with Gasteiger partial charge in [-0.1, -0.05) is 17.7 Å². The van der Waals surface area contributed by atoms with Crippen molar-refractivity contribution in [2.24, 2.45) is 0 Å². The summed E-state index contributed by atoms with van der Waals surface area (Å²) in [5.74, 6) is -1.29. The number of aliphatic hydroxyl groups is 1. The molecule has 31 heavy (non-hydrogen) atoms. The first-order chi connectivity index (χ1) is 15.0. The van der Waals surface area contributed by atoms with E-state index in [0.717, 1.165) is 4.88 Å². The number of hydrogen-bond acceptors (Lipinski definition) is 6. The maximum absolute atomic E-state index is 13.0. The van der Waals surface area contributed by atoms with Crippen molar-refractivity contribution in [1.29, 1.82) is 0 Å². The van der Waals surface area contributed by atoms with Crippen LogP contribution in [-0.2, 0) is 16.1 Å². The second kappa shape index (κ2) is 8.95. The first-order valence-corrected chi connectivity index (χ1v) is 10.9. The average molecular weight is 458 g/mol. The molecule has 0 spiro atoms. The van der Waals surface area contributed by atoms with Gasteiger partial charge in [-0.15, -0.1) is 11.3 Å². The number of carbonyl (C=O) groups is 2. The molecule has 0 bridgehead atoms. The second-order valence-electron chi connectivity index (χ2n) is 7.01. The molecule has 1 atom stereocenters. The minimum absolute atomic E-state index is 0.0376. The summed E-state index contributed by atoms with van der Waals surface area (Å²) in [6, 6.07) is 7.79. The molecule has 9 heteroatoms. The summed E-state index contributed by atoms with van der Waals surface area (Å²) in [5, 5.41) is 13.4. The highest BCUT2D eigenvalue weighted by Crippen LogP contribution is 2.42. The van der Waals surface area contributed by atoms with Gasteiger partial charge in [-0.3, -0.25) is 9.59 Å². The summed E-state index contributed by atoms with van der Waals surface area (Å²) in [6.45, 7) is 1.01. The molecule has 0 aliphatic carbocycles. The summed E-state index contributed by atoms with van der Waals surface area (Å²) < 4.78 is 7.24. The number of Topliss-reactive ketones (excluding diaryl/α,β-unsaturated/α-hetero) is 1. The highest BCUT2D eigenvalue weighted by atomic mass is 35.5. The zero-order chi connectivity index (χ0) is 22.0. The van der Waals surface area contributed by atoms with Crippen molar-refractivity contribution >= 4 is 40.4 Å². The number of ether oxygens (including phenoxy) is 1. The van der Waals surface area contributed by atoms with Crippen LogP contribution in [-0.4, -0.2) is 44.9 Å². The normalized spacial score (nSPS) is 18.0. The number of methoxy groups -OCH3 is 1. The summed E-state index contributed by atoms with van der Waals surface area (Å²) in [6.07, 6.45) is 5.87. The highest BCUT2D eigenvalue weighted by Gasteiger charge is 2.46. The Kier molecular flexibility index (Phi) is 6.11. The zero-order valence-corrected chi connectivity index (χ0v) is 18.3. The fourth-order valence-electron chi connectivity index (χ4n) is 3.71. The molecule has 0 saturated carbocycles. The van der Waals surface area contributed by atoms with Gasteiger partial charge in [0.2, 0.25) is 0 Å². The number of imidazole rings is 1.